The predicted molar refractivity (Wildman–Crippen MR) is 73.9 cm³/mol. The molecule has 0 saturated carbocycles. The first kappa shape index (κ1) is 13.4. The summed E-state index contributed by atoms with van der Waals surface area (Å²) in [6, 6.07) is 10.0. The van der Waals surface area contributed by atoms with Gasteiger partial charge in [0.05, 0.1) is 16.8 Å². The Morgan fingerprint density at radius 2 is 1.75 bits per heavy atom. The lowest BCUT2D eigenvalue weighted by Gasteiger charge is -2.10. The molecule has 0 fully saturated rings. The second kappa shape index (κ2) is 5.31. The highest BCUT2D eigenvalue weighted by Crippen LogP contribution is 2.22. The van der Waals surface area contributed by atoms with E-state index in [0.717, 1.165) is 0 Å². The zero-order chi connectivity index (χ0) is 14.7. The molecular formula is C14H12N2O4. The maximum absolute atomic E-state index is 12.0. The Morgan fingerprint density at radius 1 is 1.05 bits per heavy atom. The normalized spacial score (nSPS) is 10.0. The van der Waals surface area contributed by atoms with E-state index in [1.165, 1.54) is 30.3 Å². The zero-order valence-corrected chi connectivity index (χ0v) is 10.3. The van der Waals surface area contributed by atoms with Crippen molar-refractivity contribution in [3.05, 3.63) is 53.6 Å². The molecule has 6 nitrogen and oxygen atoms in total. The number of carbonyl (C=O) groups excluding carboxylic acids is 1. The standard InChI is InChI=1S/C14H12N2O4/c15-8-5-6-9(14(19)20)11(7-8)16-13(18)10-3-1-2-4-12(10)17/h1-7,17H,15H2,(H,16,18)(H,19,20). The zero-order valence-electron chi connectivity index (χ0n) is 10.3. The van der Waals surface area contributed by atoms with E-state index in [0.29, 0.717) is 5.69 Å². The molecule has 0 radical (unpaired) electrons. The lowest BCUT2D eigenvalue weighted by atomic mass is 10.1. The summed E-state index contributed by atoms with van der Waals surface area (Å²) in [5.41, 5.74) is 5.94. The molecular weight excluding hydrogens is 260 g/mol. The number of hydrogen-bond acceptors (Lipinski definition) is 4. The Bertz CT molecular complexity index is 683. The number of aromatic carboxylic acids is 1. The van der Waals surface area contributed by atoms with Gasteiger partial charge in [-0.1, -0.05) is 12.1 Å². The Hall–Kier alpha value is -3.02. The molecule has 20 heavy (non-hydrogen) atoms. The van der Waals surface area contributed by atoms with E-state index in [9.17, 15) is 14.7 Å². The van der Waals surface area contributed by atoms with Crippen molar-refractivity contribution in [2.45, 2.75) is 0 Å². The molecule has 0 saturated heterocycles. The number of phenolic OH excluding ortho intramolecular Hbond substituents is 1. The number of anilines is 2. The molecule has 6 heteroatoms. The van der Waals surface area contributed by atoms with Crippen LogP contribution < -0.4 is 11.1 Å². The molecule has 0 heterocycles. The van der Waals surface area contributed by atoms with Crippen LogP contribution in [-0.2, 0) is 0 Å². The van der Waals surface area contributed by atoms with Crippen LogP contribution in [0.25, 0.3) is 0 Å². The van der Waals surface area contributed by atoms with Crippen molar-refractivity contribution in [2.75, 3.05) is 11.1 Å². The van der Waals surface area contributed by atoms with E-state index in [1.807, 2.05) is 0 Å². The van der Waals surface area contributed by atoms with E-state index in [4.69, 9.17) is 10.8 Å². The van der Waals surface area contributed by atoms with Gasteiger partial charge in [0.1, 0.15) is 5.75 Å². The van der Waals surface area contributed by atoms with Crippen LogP contribution in [0.15, 0.2) is 42.5 Å². The molecule has 2 aromatic carbocycles. The summed E-state index contributed by atoms with van der Waals surface area (Å²) in [6.07, 6.45) is 0. The van der Waals surface area contributed by atoms with Gasteiger partial charge in [-0.25, -0.2) is 4.79 Å². The fourth-order valence-corrected chi connectivity index (χ4v) is 1.71. The van der Waals surface area contributed by atoms with Gasteiger partial charge in [0.15, 0.2) is 0 Å². The summed E-state index contributed by atoms with van der Waals surface area (Å²) in [6.45, 7) is 0. The molecule has 0 spiro atoms. The number of nitrogens with two attached hydrogens (primary N) is 1. The van der Waals surface area contributed by atoms with Gasteiger partial charge in [-0.2, -0.15) is 0 Å². The molecule has 102 valence electrons. The largest absolute Gasteiger partial charge is 0.507 e. The second-order valence-corrected chi connectivity index (χ2v) is 4.08. The summed E-state index contributed by atoms with van der Waals surface area (Å²) < 4.78 is 0. The number of phenols is 1. The maximum Gasteiger partial charge on any atom is 0.337 e. The maximum atomic E-state index is 12.0. The van der Waals surface area contributed by atoms with Crippen LogP contribution >= 0.6 is 0 Å². The summed E-state index contributed by atoms with van der Waals surface area (Å²) in [5, 5.41) is 21.1. The lowest BCUT2D eigenvalue weighted by molar-refractivity contribution is 0.0698. The van der Waals surface area contributed by atoms with Gasteiger partial charge in [0.25, 0.3) is 5.91 Å². The number of nitrogens with one attached hydrogen (secondary N) is 1. The summed E-state index contributed by atoms with van der Waals surface area (Å²) in [4.78, 5) is 23.1. The van der Waals surface area contributed by atoms with Crippen molar-refractivity contribution < 1.29 is 19.8 Å². The molecule has 2 aromatic rings. The first-order valence-electron chi connectivity index (χ1n) is 5.71. The number of carbonyl (C=O) groups is 2. The van der Waals surface area contributed by atoms with E-state index in [-0.39, 0.29) is 22.6 Å². The smallest absolute Gasteiger partial charge is 0.337 e. The van der Waals surface area contributed by atoms with Crippen LogP contribution in [0.2, 0.25) is 0 Å². The molecule has 5 N–H and O–H groups in total. The molecule has 0 aliphatic carbocycles. The van der Waals surface area contributed by atoms with Crippen molar-refractivity contribution >= 4 is 23.3 Å². The number of benzene rings is 2. The molecule has 2 rings (SSSR count). The van der Waals surface area contributed by atoms with E-state index < -0.39 is 11.9 Å². The Balaban J connectivity index is 2.35. The van der Waals surface area contributed by atoms with Crippen molar-refractivity contribution in [1.82, 2.24) is 0 Å². The third kappa shape index (κ3) is 2.69. The molecule has 0 bridgehead atoms. The minimum Gasteiger partial charge on any atom is -0.507 e. The summed E-state index contributed by atoms with van der Waals surface area (Å²) >= 11 is 0. The molecule has 0 atom stereocenters. The number of carboxylic acid groups (broad SMARTS) is 1. The highest BCUT2D eigenvalue weighted by Gasteiger charge is 2.15. The van der Waals surface area contributed by atoms with Gasteiger partial charge in [-0.3, -0.25) is 4.79 Å². The van der Waals surface area contributed by atoms with Crippen molar-refractivity contribution in [3.8, 4) is 5.75 Å². The number of nitrogen functional groups attached to an aromatic ring is 1. The van der Waals surface area contributed by atoms with Crippen LogP contribution in [0.3, 0.4) is 0 Å². The number of rotatable bonds is 3. The average Bonchev–Trinajstić information content (AvgIpc) is 2.38. The average molecular weight is 272 g/mol. The lowest BCUT2D eigenvalue weighted by Crippen LogP contribution is -2.15. The molecule has 1 amide bonds. The van der Waals surface area contributed by atoms with Crippen LogP contribution in [0, 0.1) is 0 Å². The molecule has 0 aliphatic rings. The first-order valence-corrected chi connectivity index (χ1v) is 5.71. The van der Waals surface area contributed by atoms with Crippen molar-refractivity contribution in [2.24, 2.45) is 0 Å². The Kier molecular flexibility index (Phi) is 3.56. The minimum absolute atomic E-state index is 0.0475. The highest BCUT2D eigenvalue weighted by molar-refractivity contribution is 6.09. The quantitative estimate of drug-likeness (QED) is 0.638. The number of hydrogen-bond donors (Lipinski definition) is 4. The van der Waals surface area contributed by atoms with E-state index in [2.05, 4.69) is 5.32 Å². The molecule has 0 unspecified atom stereocenters. The third-order valence-electron chi connectivity index (χ3n) is 2.67. The van der Waals surface area contributed by atoms with Gasteiger partial charge < -0.3 is 21.3 Å². The Morgan fingerprint density at radius 3 is 2.40 bits per heavy atom. The topological polar surface area (TPSA) is 113 Å². The second-order valence-electron chi connectivity index (χ2n) is 4.08. The van der Waals surface area contributed by atoms with Gasteiger partial charge in [-0.15, -0.1) is 0 Å². The third-order valence-corrected chi connectivity index (χ3v) is 2.67. The van der Waals surface area contributed by atoms with Gasteiger partial charge in [0, 0.05) is 5.69 Å². The first-order chi connectivity index (χ1) is 9.49. The number of aromatic hydroxyl groups is 1. The summed E-state index contributed by atoms with van der Waals surface area (Å²) in [7, 11) is 0. The van der Waals surface area contributed by atoms with Crippen LogP contribution in [0.5, 0.6) is 5.75 Å². The monoisotopic (exact) mass is 272 g/mol. The fraction of sp³-hybridized carbons (Fsp3) is 0. The van der Waals surface area contributed by atoms with E-state index >= 15 is 0 Å². The predicted octanol–water partition coefficient (Wildman–Crippen LogP) is 1.92. The van der Waals surface area contributed by atoms with Gasteiger partial charge in [0.2, 0.25) is 0 Å². The van der Waals surface area contributed by atoms with E-state index in [1.54, 1.807) is 12.1 Å². The Labute approximate surface area is 114 Å². The van der Waals surface area contributed by atoms with Gasteiger partial charge in [-0.05, 0) is 30.3 Å². The van der Waals surface area contributed by atoms with Crippen molar-refractivity contribution in [1.29, 1.82) is 0 Å². The number of carboxylic acids is 1. The molecule has 0 aliphatic heterocycles. The molecule has 0 aromatic heterocycles. The van der Waals surface area contributed by atoms with Crippen molar-refractivity contribution in [3.63, 3.8) is 0 Å². The van der Waals surface area contributed by atoms with Crippen LogP contribution in [0.4, 0.5) is 11.4 Å². The minimum atomic E-state index is -1.18. The SMILES string of the molecule is Nc1ccc(C(=O)O)c(NC(=O)c2ccccc2O)c1. The van der Waals surface area contributed by atoms with Crippen LogP contribution in [0.1, 0.15) is 20.7 Å². The summed E-state index contributed by atoms with van der Waals surface area (Å²) in [5.74, 6) is -1.99. The number of amides is 1. The van der Waals surface area contributed by atoms with Crippen LogP contribution in [-0.4, -0.2) is 22.1 Å². The highest BCUT2D eigenvalue weighted by atomic mass is 16.4. The number of para-hydroxylation sites is 1. The van der Waals surface area contributed by atoms with Gasteiger partial charge >= 0.3 is 5.97 Å². The fourth-order valence-electron chi connectivity index (χ4n) is 1.71.